The van der Waals surface area contributed by atoms with Gasteiger partial charge < -0.3 is 5.11 Å². The maximum Gasteiger partial charge on any atom is 0.355 e. The molecule has 0 radical (unpaired) electrons. The van der Waals surface area contributed by atoms with Gasteiger partial charge in [-0.3, -0.25) is 4.40 Å². The molecule has 0 saturated heterocycles. The number of rotatable bonds is 2. The topological polar surface area (TPSA) is 54.6 Å². The monoisotopic (exact) mass is 298 g/mol. The average molecular weight is 298 g/mol. The molecule has 0 bridgehead atoms. The molecule has 5 heteroatoms. The van der Waals surface area contributed by atoms with Gasteiger partial charge in [-0.05, 0) is 25.7 Å². The maximum absolute atomic E-state index is 11.8. The van der Waals surface area contributed by atoms with E-state index in [2.05, 4.69) is 4.98 Å². The van der Waals surface area contributed by atoms with Crippen molar-refractivity contribution in [2.24, 2.45) is 0 Å². The second-order valence-corrected chi connectivity index (χ2v) is 6.34. The average Bonchev–Trinajstić information content (AvgIpc) is 3.03. The molecule has 4 rings (SSSR count). The van der Waals surface area contributed by atoms with Crippen molar-refractivity contribution < 1.29 is 9.90 Å². The smallest absolute Gasteiger partial charge is 0.355 e. The Hall–Kier alpha value is -2.14. The van der Waals surface area contributed by atoms with Gasteiger partial charge in [0.15, 0.2) is 10.7 Å². The molecule has 1 aliphatic rings. The Kier molecular flexibility index (Phi) is 2.82. The first-order valence-corrected chi connectivity index (χ1v) is 7.89. The fourth-order valence-corrected chi connectivity index (χ4v) is 4.24. The molecular formula is C16H14N2O2S. The summed E-state index contributed by atoms with van der Waals surface area (Å²) in [6.45, 7) is 0. The first kappa shape index (κ1) is 12.6. The van der Waals surface area contributed by atoms with E-state index < -0.39 is 5.97 Å². The Bertz CT molecular complexity index is 833. The van der Waals surface area contributed by atoms with E-state index >= 15 is 0 Å². The summed E-state index contributed by atoms with van der Waals surface area (Å²) in [5, 5.41) is 9.68. The second kappa shape index (κ2) is 4.70. The molecule has 0 aliphatic heterocycles. The molecule has 3 aromatic rings. The van der Waals surface area contributed by atoms with Gasteiger partial charge in [0, 0.05) is 16.1 Å². The zero-order chi connectivity index (χ0) is 14.4. The van der Waals surface area contributed by atoms with Gasteiger partial charge in [0.1, 0.15) is 5.69 Å². The summed E-state index contributed by atoms with van der Waals surface area (Å²) in [6, 6.07) is 9.55. The number of benzene rings is 1. The van der Waals surface area contributed by atoms with E-state index in [1.807, 2.05) is 34.7 Å². The molecular weight excluding hydrogens is 284 g/mol. The fraction of sp³-hybridized carbons (Fsp3) is 0.250. The molecule has 1 N–H and O–H groups in total. The summed E-state index contributed by atoms with van der Waals surface area (Å²) >= 11 is 1.64. The minimum Gasteiger partial charge on any atom is -0.476 e. The predicted molar refractivity (Wildman–Crippen MR) is 82.1 cm³/mol. The lowest BCUT2D eigenvalue weighted by molar-refractivity contribution is 0.0690. The Morgan fingerprint density at radius 1 is 1.19 bits per heavy atom. The highest BCUT2D eigenvalue weighted by Crippen LogP contribution is 2.34. The van der Waals surface area contributed by atoms with E-state index in [4.69, 9.17) is 0 Å². The van der Waals surface area contributed by atoms with Crippen molar-refractivity contribution in [2.75, 3.05) is 0 Å². The number of aromatic nitrogens is 2. The zero-order valence-corrected chi connectivity index (χ0v) is 12.2. The van der Waals surface area contributed by atoms with Crippen LogP contribution in [-0.4, -0.2) is 20.5 Å². The third kappa shape index (κ3) is 1.88. The molecule has 0 amide bonds. The van der Waals surface area contributed by atoms with E-state index in [-0.39, 0.29) is 0 Å². The van der Waals surface area contributed by atoms with Crippen molar-refractivity contribution >= 4 is 22.3 Å². The van der Waals surface area contributed by atoms with Gasteiger partial charge in [-0.2, -0.15) is 0 Å². The third-order valence-electron chi connectivity index (χ3n) is 3.97. The minimum absolute atomic E-state index is 0.301. The van der Waals surface area contributed by atoms with Crippen LogP contribution < -0.4 is 0 Å². The number of aromatic carboxylic acids is 1. The first-order chi connectivity index (χ1) is 10.3. The number of aryl methyl sites for hydroxylation is 2. The Labute approximate surface area is 125 Å². The summed E-state index contributed by atoms with van der Waals surface area (Å²) in [5.74, 6) is -0.910. The highest BCUT2D eigenvalue weighted by Gasteiger charge is 2.26. The summed E-state index contributed by atoms with van der Waals surface area (Å²) in [6.07, 6.45) is 4.30. The number of carbonyl (C=O) groups is 1. The maximum atomic E-state index is 11.8. The second-order valence-electron chi connectivity index (χ2n) is 5.28. The number of carboxylic acids is 1. The largest absolute Gasteiger partial charge is 0.476 e. The Morgan fingerprint density at radius 3 is 2.71 bits per heavy atom. The molecule has 2 aromatic heterocycles. The number of nitrogens with zero attached hydrogens (tertiary/aromatic N) is 2. The van der Waals surface area contributed by atoms with Crippen LogP contribution in [0, 0.1) is 0 Å². The lowest BCUT2D eigenvalue weighted by Gasteiger charge is -2.11. The van der Waals surface area contributed by atoms with Gasteiger partial charge >= 0.3 is 5.97 Å². The normalized spacial score (nSPS) is 14.3. The number of hydrogen-bond acceptors (Lipinski definition) is 3. The van der Waals surface area contributed by atoms with Gasteiger partial charge in [-0.15, -0.1) is 11.3 Å². The molecule has 0 fully saturated rings. The third-order valence-corrected chi connectivity index (χ3v) is 5.11. The van der Waals surface area contributed by atoms with Crippen LogP contribution in [-0.2, 0) is 12.8 Å². The molecule has 0 spiro atoms. The Morgan fingerprint density at radius 2 is 1.95 bits per heavy atom. The van der Waals surface area contributed by atoms with Crippen molar-refractivity contribution in [2.45, 2.75) is 25.7 Å². The van der Waals surface area contributed by atoms with Gasteiger partial charge in [-0.1, -0.05) is 30.3 Å². The van der Waals surface area contributed by atoms with Crippen LogP contribution in [0.3, 0.4) is 0 Å². The van der Waals surface area contributed by atoms with Crippen molar-refractivity contribution in [3.63, 3.8) is 0 Å². The van der Waals surface area contributed by atoms with Gasteiger partial charge in [0.05, 0.1) is 0 Å². The molecule has 2 heterocycles. The van der Waals surface area contributed by atoms with Crippen LogP contribution in [0.25, 0.3) is 16.2 Å². The van der Waals surface area contributed by atoms with Crippen LogP contribution in [0.1, 0.15) is 33.9 Å². The van der Waals surface area contributed by atoms with Crippen LogP contribution in [0.5, 0.6) is 0 Å². The van der Waals surface area contributed by atoms with E-state index in [0.29, 0.717) is 11.4 Å². The SMILES string of the molecule is O=C(O)c1c(-c2ccccc2)nc2sc3c(n12)CCCC3. The summed E-state index contributed by atoms with van der Waals surface area (Å²) < 4.78 is 1.86. The number of imidazole rings is 1. The summed E-state index contributed by atoms with van der Waals surface area (Å²) in [7, 11) is 0. The molecule has 0 atom stereocenters. The number of thiazole rings is 1. The summed E-state index contributed by atoms with van der Waals surface area (Å²) in [4.78, 5) is 18.5. The van der Waals surface area contributed by atoms with Gasteiger partial charge in [0.2, 0.25) is 0 Å². The highest BCUT2D eigenvalue weighted by molar-refractivity contribution is 7.17. The van der Waals surface area contributed by atoms with Crippen molar-refractivity contribution in [1.29, 1.82) is 0 Å². The quantitative estimate of drug-likeness (QED) is 0.786. The number of fused-ring (bicyclic) bond motifs is 3. The predicted octanol–water partition coefficient (Wildman–Crippen LogP) is 3.64. The van der Waals surface area contributed by atoms with Gasteiger partial charge in [-0.25, -0.2) is 9.78 Å². The van der Waals surface area contributed by atoms with E-state index in [1.165, 1.54) is 11.3 Å². The molecule has 0 saturated carbocycles. The molecule has 106 valence electrons. The van der Waals surface area contributed by atoms with Crippen LogP contribution in [0.2, 0.25) is 0 Å². The molecule has 1 aromatic carbocycles. The van der Waals surface area contributed by atoms with E-state index in [1.54, 1.807) is 11.3 Å². The van der Waals surface area contributed by atoms with Crippen molar-refractivity contribution in [1.82, 2.24) is 9.38 Å². The van der Waals surface area contributed by atoms with Crippen LogP contribution in [0.15, 0.2) is 30.3 Å². The standard InChI is InChI=1S/C16H14N2O2S/c19-15(20)14-13(10-6-2-1-3-7-10)17-16-18(14)11-8-4-5-9-12(11)21-16/h1-3,6-7H,4-5,8-9H2,(H,19,20). The van der Waals surface area contributed by atoms with E-state index in [9.17, 15) is 9.90 Å². The zero-order valence-electron chi connectivity index (χ0n) is 11.4. The van der Waals surface area contributed by atoms with Crippen molar-refractivity contribution in [3.8, 4) is 11.3 Å². The van der Waals surface area contributed by atoms with Gasteiger partial charge in [0.25, 0.3) is 0 Å². The number of carboxylic acid groups (broad SMARTS) is 1. The van der Waals surface area contributed by atoms with Crippen LogP contribution in [0.4, 0.5) is 0 Å². The fourth-order valence-electron chi connectivity index (χ4n) is 3.03. The minimum atomic E-state index is -0.910. The molecule has 0 unspecified atom stereocenters. The summed E-state index contributed by atoms with van der Waals surface area (Å²) in [5.41, 5.74) is 2.88. The lowest BCUT2D eigenvalue weighted by atomic mass is 10.0. The van der Waals surface area contributed by atoms with Crippen LogP contribution >= 0.6 is 11.3 Å². The number of hydrogen-bond donors (Lipinski definition) is 1. The highest BCUT2D eigenvalue weighted by atomic mass is 32.1. The molecule has 21 heavy (non-hydrogen) atoms. The Balaban J connectivity index is 2.03. The van der Waals surface area contributed by atoms with Crippen molar-refractivity contribution in [3.05, 3.63) is 46.6 Å². The molecule has 4 nitrogen and oxygen atoms in total. The lowest BCUT2D eigenvalue weighted by Crippen LogP contribution is -2.09. The molecule has 1 aliphatic carbocycles. The first-order valence-electron chi connectivity index (χ1n) is 7.07. The van der Waals surface area contributed by atoms with E-state index in [0.717, 1.165) is 35.5 Å².